The zero-order chi connectivity index (χ0) is 12.9. The summed E-state index contributed by atoms with van der Waals surface area (Å²) in [4.78, 5) is 0. The first-order chi connectivity index (χ1) is 8.09. The van der Waals surface area contributed by atoms with Crippen LogP contribution in [0.4, 0.5) is 0 Å². The van der Waals surface area contributed by atoms with E-state index in [1.54, 1.807) is 0 Å². The minimum Gasteiger partial charge on any atom is -0.345 e. The van der Waals surface area contributed by atoms with Gasteiger partial charge in [0.2, 0.25) is 5.79 Å². The molecule has 0 bridgehead atoms. The normalized spacial score (nSPS) is 11.8. The highest BCUT2D eigenvalue weighted by Gasteiger charge is 2.33. The Balaban J connectivity index is 3.19. The van der Waals surface area contributed by atoms with Gasteiger partial charge in [0.1, 0.15) is 0 Å². The molecule has 0 amide bonds. The molecule has 0 atom stereocenters. The van der Waals surface area contributed by atoms with E-state index in [1.165, 1.54) is 5.56 Å². The van der Waals surface area contributed by atoms with E-state index >= 15 is 0 Å². The van der Waals surface area contributed by atoms with Gasteiger partial charge >= 0.3 is 0 Å². The monoisotopic (exact) mass is 237 g/mol. The SMILES string of the molecule is CCOC(CN)(OCC)c1ccc(C)cc1C. The highest BCUT2D eigenvalue weighted by molar-refractivity contribution is 5.34. The highest BCUT2D eigenvalue weighted by atomic mass is 16.7. The van der Waals surface area contributed by atoms with Gasteiger partial charge in [0.05, 0.1) is 6.54 Å². The van der Waals surface area contributed by atoms with Crippen molar-refractivity contribution < 1.29 is 9.47 Å². The van der Waals surface area contributed by atoms with Crippen molar-refractivity contribution in [3.8, 4) is 0 Å². The standard InChI is InChI=1S/C14H23NO2/c1-5-16-14(10-15,17-6-2)13-8-7-11(3)9-12(13)4/h7-9H,5-6,10,15H2,1-4H3. The molecule has 0 radical (unpaired) electrons. The van der Waals surface area contributed by atoms with Crippen LogP contribution in [0.2, 0.25) is 0 Å². The summed E-state index contributed by atoms with van der Waals surface area (Å²) in [6, 6.07) is 6.23. The molecule has 1 aromatic carbocycles. The molecule has 0 fully saturated rings. The second-order valence-electron chi connectivity index (χ2n) is 4.14. The predicted molar refractivity (Wildman–Crippen MR) is 69.9 cm³/mol. The van der Waals surface area contributed by atoms with Crippen molar-refractivity contribution in [1.29, 1.82) is 0 Å². The Morgan fingerprint density at radius 3 is 2.12 bits per heavy atom. The van der Waals surface area contributed by atoms with Gasteiger partial charge in [-0.2, -0.15) is 0 Å². The topological polar surface area (TPSA) is 44.5 Å². The van der Waals surface area contributed by atoms with Crippen molar-refractivity contribution in [1.82, 2.24) is 0 Å². The quantitative estimate of drug-likeness (QED) is 0.773. The first-order valence-corrected chi connectivity index (χ1v) is 6.15. The summed E-state index contributed by atoms with van der Waals surface area (Å²) in [5.74, 6) is -0.804. The van der Waals surface area contributed by atoms with Gasteiger partial charge in [0, 0.05) is 18.8 Å². The van der Waals surface area contributed by atoms with Crippen LogP contribution in [0, 0.1) is 13.8 Å². The van der Waals surface area contributed by atoms with Crippen molar-refractivity contribution in [2.45, 2.75) is 33.5 Å². The van der Waals surface area contributed by atoms with Gasteiger partial charge in [0.25, 0.3) is 0 Å². The Hall–Kier alpha value is -0.900. The molecule has 0 heterocycles. The molecule has 0 unspecified atom stereocenters. The molecule has 0 saturated heterocycles. The van der Waals surface area contributed by atoms with E-state index in [1.807, 2.05) is 19.9 Å². The Morgan fingerprint density at radius 1 is 1.12 bits per heavy atom. The van der Waals surface area contributed by atoms with Crippen LogP contribution in [0.5, 0.6) is 0 Å². The average molecular weight is 237 g/mol. The fourth-order valence-corrected chi connectivity index (χ4v) is 2.13. The minimum absolute atomic E-state index is 0.318. The van der Waals surface area contributed by atoms with Gasteiger partial charge in [-0.3, -0.25) is 0 Å². The van der Waals surface area contributed by atoms with Gasteiger partial charge in [-0.1, -0.05) is 23.8 Å². The molecule has 17 heavy (non-hydrogen) atoms. The number of rotatable bonds is 6. The highest BCUT2D eigenvalue weighted by Crippen LogP contribution is 2.29. The predicted octanol–water partition coefficient (Wildman–Crippen LogP) is 2.49. The molecular formula is C14H23NO2. The second kappa shape index (κ2) is 6.15. The van der Waals surface area contributed by atoms with E-state index < -0.39 is 5.79 Å². The molecule has 3 nitrogen and oxygen atoms in total. The van der Waals surface area contributed by atoms with Crippen molar-refractivity contribution in [2.75, 3.05) is 19.8 Å². The van der Waals surface area contributed by atoms with Crippen molar-refractivity contribution >= 4 is 0 Å². The molecule has 2 N–H and O–H groups in total. The second-order valence-corrected chi connectivity index (χ2v) is 4.14. The summed E-state index contributed by atoms with van der Waals surface area (Å²) < 4.78 is 11.6. The first-order valence-electron chi connectivity index (χ1n) is 6.15. The molecule has 1 rings (SSSR count). The summed E-state index contributed by atoms with van der Waals surface area (Å²) in [5.41, 5.74) is 9.27. The third kappa shape index (κ3) is 3.06. The lowest BCUT2D eigenvalue weighted by Gasteiger charge is -2.33. The van der Waals surface area contributed by atoms with Gasteiger partial charge in [-0.25, -0.2) is 0 Å². The van der Waals surface area contributed by atoms with E-state index in [-0.39, 0.29) is 0 Å². The summed E-state index contributed by atoms with van der Waals surface area (Å²) in [5, 5.41) is 0. The Morgan fingerprint density at radius 2 is 1.71 bits per heavy atom. The van der Waals surface area contributed by atoms with E-state index in [9.17, 15) is 0 Å². The summed E-state index contributed by atoms with van der Waals surface area (Å²) in [7, 11) is 0. The lowest BCUT2D eigenvalue weighted by molar-refractivity contribution is -0.235. The van der Waals surface area contributed by atoms with Crippen LogP contribution in [0.25, 0.3) is 0 Å². The largest absolute Gasteiger partial charge is 0.345 e. The maximum Gasteiger partial charge on any atom is 0.207 e. The Kier molecular flexibility index (Phi) is 5.12. The Bertz CT molecular complexity index is 357. The third-order valence-electron chi connectivity index (χ3n) is 2.82. The van der Waals surface area contributed by atoms with Crippen LogP contribution in [0.1, 0.15) is 30.5 Å². The van der Waals surface area contributed by atoms with Gasteiger partial charge in [-0.05, 0) is 33.3 Å². The number of aryl methyl sites for hydroxylation is 2. The summed E-state index contributed by atoms with van der Waals surface area (Å²) in [6.07, 6.45) is 0. The molecule has 1 aromatic rings. The van der Waals surface area contributed by atoms with Crippen LogP contribution in [0.15, 0.2) is 18.2 Å². The molecular weight excluding hydrogens is 214 g/mol. The lowest BCUT2D eigenvalue weighted by Crippen LogP contribution is -2.41. The van der Waals surface area contributed by atoms with Crippen molar-refractivity contribution in [3.05, 3.63) is 34.9 Å². The zero-order valence-electron chi connectivity index (χ0n) is 11.2. The van der Waals surface area contributed by atoms with Crippen LogP contribution >= 0.6 is 0 Å². The summed E-state index contributed by atoms with van der Waals surface area (Å²) >= 11 is 0. The number of hydrogen-bond acceptors (Lipinski definition) is 3. The lowest BCUT2D eigenvalue weighted by atomic mass is 9.98. The number of nitrogens with two attached hydrogens (primary N) is 1. The molecule has 96 valence electrons. The summed E-state index contributed by atoms with van der Waals surface area (Å²) in [6.45, 7) is 9.50. The molecule has 0 spiro atoms. The minimum atomic E-state index is -0.804. The van der Waals surface area contributed by atoms with E-state index in [0.29, 0.717) is 19.8 Å². The number of benzene rings is 1. The molecule has 0 saturated carbocycles. The molecule has 3 heteroatoms. The zero-order valence-corrected chi connectivity index (χ0v) is 11.2. The van der Waals surface area contributed by atoms with Gasteiger partial charge in [0.15, 0.2) is 0 Å². The van der Waals surface area contributed by atoms with E-state index in [4.69, 9.17) is 15.2 Å². The van der Waals surface area contributed by atoms with Crippen LogP contribution in [-0.2, 0) is 15.3 Å². The first kappa shape index (κ1) is 14.2. The number of ether oxygens (including phenoxy) is 2. The van der Waals surface area contributed by atoms with Crippen LogP contribution in [-0.4, -0.2) is 19.8 Å². The molecule has 0 aliphatic carbocycles. The van der Waals surface area contributed by atoms with E-state index in [0.717, 1.165) is 11.1 Å². The smallest absolute Gasteiger partial charge is 0.207 e. The molecule has 0 aliphatic heterocycles. The van der Waals surface area contributed by atoms with E-state index in [2.05, 4.69) is 26.0 Å². The fraction of sp³-hybridized carbons (Fsp3) is 0.571. The van der Waals surface area contributed by atoms with Crippen LogP contribution < -0.4 is 5.73 Å². The van der Waals surface area contributed by atoms with Gasteiger partial charge in [-0.15, -0.1) is 0 Å². The van der Waals surface area contributed by atoms with Gasteiger partial charge < -0.3 is 15.2 Å². The maximum atomic E-state index is 5.87. The fourth-order valence-electron chi connectivity index (χ4n) is 2.13. The Labute approximate surface area is 104 Å². The average Bonchev–Trinajstić information content (AvgIpc) is 2.28. The van der Waals surface area contributed by atoms with Crippen LogP contribution in [0.3, 0.4) is 0 Å². The van der Waals surface area contributed by atoms with Crippen molar-refractivity contribution in [3.63, 3.8) is 0 Å². The maximum absolute atomic E-state index is 5.87. The third-order valence-corrected chi connectivity index (χ3v) is 2.82. The molecule has 0 aromatic heterocycles. The van der Waals surface area contributed by atoms with Crippen molar-refractivity contribution in [2.24, 2.45) is 5.73 Å². The molecule has 0 aliphatic rings. The number of hydrogen-bond donors (Lipinski definition) is 1.